The molecule has 2 aromatic rings. The van der Waals surface area contributed by atoms with Crippen LogP contribution in [0.1, 0.15) is 24.2 Å². The van der Waals surface area contributed by atoms with Crippen molar-refractivity contribution in [3.63, 3.8) is 0 Å². The summed E-state index contributed by atoms with van der Waals surface area (Å²) in [7, 11) is 0. The zero-order chi connectivity index (χ0) is 13.3. The number of hydrogen-bond acceptors (Lipinski definition) is 4. The molecule has 0 aliphatic rings. The van der Waals surface area contributed by atoms with Crippen LogP contribution in [0, 0.1) is 0 Å². The van der Waals surface area contributed by atoms with E-state index in [1.54, 1.807) is 13.8 Å². The lowest BCUT2D eigenvalue weighted by Crippen LogP contribution is -2.17. The molecule has 1 heterocycles. The lowest BCUT2D eigenvalue weighted by Gasteiger charge is -2.08. The highest BCUT2D eigenvalue weighted by molar-refractivity contribution is 5.94. The van der Waals surface area contributed by atoms with Crippen LogP contribution in [0.25, 0.3) is 11.0 Å². The Morgan fingerprint density at radius 2 is 2.11 bits per heavy atom. The number of aromatic nitrogens is 2. The van der Waals surface area contributed by atoms with E-state index in [2.05, 4.69) is 4.98 Å². The summed E-state index contributed by atoms with van der Waals surface area (Å²) in [5, 5.41) is 8.85. The molecule has 94 valence electrons. The molecule has 0 amide bonds. The maximum atomic E-state index is 11.7. The lowest BCUT2D eigenvalue weighted by molar-refractivity contribution is 0.0697. The maximum absolute atomic E-state index is 11.7. The van der Waals surface area contributed by atoms with Crippen molar-refractivity contribution in [2.45, 2.75) is 20.0 Å². The van der Waals surface area contributed by atoms with Crippen LogP contribution in [-0.2, 0) is 4.74 Å². The highest BCUT2D eigenvalue weighted by Gasteiger charge is 2.14. The van der Waals surface area contributed by atoms with Gasteiger partial charge in [-0.15, -0.1) is 0 Å². The van der Waals surface area contributed by atoms with Gasteiger partial charge in [-0.1, -0.05) is 0 Å². The first kappa shape index (κ1) is 12.1. The zero-order valence-corrected chi connectivity index (χ0v) is 9.95. The van der Waals surface area contributed by atoms with Crippen molar-refractivity contribution >= 4 is 23.1 Å². The third-order valence-corrected chi connectivity index (χ3v) is 2.33. The topological polar surface area (TPSA) is 81.4 Å². The normalized spacial score (nSPS) is 10.8. The highest BCUT2D eigenvalue weighted by Crippen LogP contribution is 2.15. The number of nitrogens with zero attached hydrogens (tertiary/aromatic N) is 2. The predicted octanol–water partition coefficient (Wildman–Crippen LogP) is 2.13. The van der Waals surface area contributed by atoms with Gasteiger partial charge in [-0.3, -0.25) is 0 Å². The Hall–Kier alpha value is -2.37. The molecule has 0 aliphatic carbocycles. The van der Waals surface area contributed by atoms with Crippen molar-refractivity contribution in [3.05, 3.63) is 30.1 Å². The Bertz CT molecular complexity index is 616. The van der Waals surface area contributed by atoms with Crippen LogP contribution in [0.3, 0.4) is 0 Å². The van der Waals surface area contributed by atoms with E-state index < -0.39 is 12.1 Å². The second-order valence-electron chi connectivity index (χ2n) is 4.06. The summed E-state index contributed by atoms with van der Waals surface area (Å²) < 4.78 is 6.30. The third kappa shape index (κ3) is 2.17. The van der Waals surface area contributed by atoms with E-state index in [4.69, 9.17) is 9.84 Å². The molecule has 0 saturated heterocycles. The van der Waals surface area contributed by atoms with Crippen LogP contribution >= 0.6 is 0 Å². The number of hydrogen-bond donors (Lipinski definition) is 1. The number of aromatic carboxylic acids is 1. The van der Waals surface area contributed by atoms with Gasteiger partial charge in [0.1, 0.15) is 6.33 Å². The molecule has 1 aromatic heterocycles. The smallest absolute Gasteiger partial charge is 0.420 e. The van der Waals surface area contributed by atoms with Crippen LogP contribution in [0.15, 0.2) is 24.5 Å². The molecular weight excluding hydrogens is 236 g/mol. The number of fused-ring (bicyclic) bond motifs is 1. The Morgan fingerprint density at radius 1 is 1.39 bits per heavy atom. The van der Waals surface area contributed by atoms with E-state index in [9.17, 15) is 9.59 Å². The molecule has 18 heavy (non-hydrogen) atoms. The van der Waals surface area contributed by atoms with Crippen molar-refractivity contribution in [3.8, 4) is 0 Å². The molecule has 0 radical (unpaired) electrons. The van der Waals surface area contributed by atoms with Gasteiger partial charge in [0.2, 0.25) is 0 Å². The number of carbonyl (C=O) groups is 2. The van der Waals surface area contributed by atoms with E-state index in [1.165, 1.54) is 29.1 Å². The van der Waals surface area contributed by atoms with Crippen molar-refractivity contribution in [2.24, 2.45) is 0 Å². The summed E-state index contributed by atoms with van der Waals surface area (Å²) in [6.45, 7) is 3.50. The first-order chi connectivity index (χ1) is 8.49. The number of ether oxygens (including phenoxy) is 1. The van der Waals surface area contributed by atoms with Gasteiger partial charge in [-0.25, -0.2) is 19.1 Å². The fraction of sp³-hybridized carbons (Fsp3) is 0.250. The molecule has 6 heteroatoms. The Balaban J connectivity index is 2.43. The average Bonchev–Trinajstić information content (AvgIpc) is 2.70. The van der Waals surface area contributed by atoms with Gasteiger partial charge in [-0.2, -0.15) is 0 Å². The lowest BCUT2D eigenvalue weighted by atomic mass is 10.2. The SMILES string of the molecule is CC(C)OC(=O)n1cnc2cc(C(=O)O)ccc21. The van der Waals surface area contributed by atoms with Crippen molar-refractivity contribution < 1.29 is 19.4 Å². The first-order valence-corrected chi connectivity index (χ1v) is 5.40. The van der Waals surface area contributed by atoms with E-state index >= 15 is 0 Å². The number of carboxylic acid groups (broad SMARTS) is 1. The molecule has 6 nitrogen and oxygen atoms in total. The van der Waals surface area contributed by atoms with Crippen LogP contribution in [-0.4, -0.2) is 32.8 Å². The minimum Gasteiger partial charge on any atom is -0.478 e. The summed E-state index contributed by atoms with van der Waals surface area (Å²) in [5.74, 6) is -1.03. The van der Waals surface area contributed by atoms with Crippen molar-refractivity contribution in [1.29, 1.82) is 0 Å². The fourth-order valence-corrected chi connectivity index (χ4v) is 1.55. The summed E-state index contributed by atoms with van der Waals surface area (Å²) in [6, 6.07) is 4.37. The van der Waals surface area contributed by atoms with Crippen LogP contribution in [0.5, 0.6) is 0 Å². The molecule has 0 atom stereocenters. The largest absolute Gasteiger partial charge is 0.478 e. The van der Waals surface area contributed by atoms with Crippen molar-refractivity contribution in [1.82, 2.24) is 9.55 Å². The maximum Gasteiger partial charge on any atom is 0.420 e. The molecule has 0 unspecified atom stereocenters. The number of imidazole rings is 1. The van der Waals surface area contributed by atoms with E-state index in [1.807, 2.05) is 0 Å². The predicted molar refractivity (Wildman–Crippen MR) is 63.7 cm³/mol. The van der Waals surface area contributed by atoms with Gasteiger partial charge in [0.15, 0.2) is 0 Å². The van der Waals surface area contributed by atoms with Crippen LogP contribution in [0.2, 0.25) is 0 Å². The molecule has 0 fully saturated rings. The molecule has 0 bridgehead atoms. The van der Waals surface area contributed by atoms with E-state index in [-0.39, 0.29) is 11.7 Å². The molecule has 0 spiro atoms. The molecule has 0 aliphatic heterocycles. The van der Waals surface area contributed by atoms with Crippen LogP contribution in [0.4, 0.5) is 4.79 Å². The number of carbonyl (C=O) groups excluding carboxylic acids is 1. The number of rotatable bonds is 2. The summed E-state index contributed by atoms with van der Waals surface area (Å²) in [5.41, 5.74) is 1.09. The van der Waals surface area contributed by atoms with Crippen LogP contribution < -0.4 is 0 Å². The van der Waals surface area contributed by atoms with Gasteiger partial charge in [0.05, 0.1) is 22.7 Å². The van der Waals surface area contributed by atoms with Gasteiger partial charge >= 0.3 is 12.1 Å². The quantitative estimate of drug-likeness (QED) is 0.880. The number of carboxylic acids is 1. The number of benzene rings is 1. The molecule has 1 aromatic carbocycles. The Morgan fingerprint density at radius 3 is 2.72 bits per heavy atom. The summed E-state index contributed by atoms with van der Waals surface area (Å²) in [6.07, 6.45) is 0.560. The van der Waals surface area contributed by atoms with Gasteiger partial charge in [0, 0.05) is 0 Å². The second kappa shape index (κ2) is 4.48. The van der Waals surface area contributed by atoms with Gasteiger partial charge in [0.25, 0.3) is 0 Å². The standard InChI is InChI=1S/C12H12N2O4/c1-7(2)18-12(17)14-6-13-9-5-8(11(15)16)3-4-10(9)14/h3-7H,1-2H3,(H,15,16). The Kier molecular flexibility index (Phi) is 3.01. The zero-order valence-electron chi connectivity index (χ0n) is 9.95. The van der Waals surface area contributed by atoms with Gasteiger partial charge < -0.3 is 9.84 Å². The van der Waals surface area contributed by atoms with E-state index in [0.29, 0.717) is 11.0 Å². The Labute approximate surface area is 103 Å². The van der Waals surface area contributed by atoms with Gasteiger partial charge in [-0.05, 0) is 32.0 Å². The molecule has 1 N–H and O–H groups in total. The first-order valence-electron chi connectivity index (χ1n) is 5.40. The molecular formula is C12H12N2O4. The highest BCUT2D eigenvalue weighted by atomic mass is 16.6. The second-order valence-corrected chi connectivity index (χ2v) is 4.06. The summed E-state index contributed by atoms with van der Waals surface area (Å²) in [4.78, 5) is 26.5. The average molecular weight is 248 g/mol. The monoisotopic (exact) mass is 248 g/mol. The third-order valence-electron chi connectivity index (χ3n) is 2.33. The van der Waals surface area contributed by atoms with Crippen molar-refractivity contribution in [2.75, 3.05) is 0 Å². The minimum absolute atomic E-state index is 0.130. The molecule has 0 saturated carbocycles. The fourth-order valence-electron chi connectivity index (χ4n) is 1.55. The summed E-state index contributed by atoms with van der Waals surface area (Å²) >= 11 is 0. The minimum atomic E-state index is -1.03. The molecule has 2 rings (SSSR count). The van der Waals surface area contributed by atoms with E-state index in [0.717, 1.165) is 0 Å².